The first kappa shape index (κ1) is 15.1. The van der Waals surface area contributed by atoms with Crippen LogP contribution in [0.4, 0.5) is 0 Å². The van der Waals surface area contributed by atoms with Gasteiger partial charge >= 0.3 is 0 Å². The lowest BCUT2D eigenvalue weighted by molar-refractivity contribution is 0.216. The smallest absolute Gasteiger partial charge is 0.248 e. The molecule has 126 valence electrons. The van der Waals surface area contributed by atoms with Gasteiger partial charge in [0.25, 0.3) is 0 Å². The lowest BCUT2D eigenvalue weighted by atomic mass is 10.0. The summed E-state index contributed by atoms with van der Waals surface area (Å²) in [5, 5.41) is 7.55. The van der Waals surface area contributed by atoms with Crippen LogP contribution in [0.5, 0.6) is 0 Å². The van der Waals surface area contributed by atoms with Crippen LogP contribution in [0.2, 0.25) is 0 Å². The zero-order valence-electron chi connectivity index (χ0n) is 13.0. The Morgan fingerprint density at radius 3 is 2.62 bits per heavy atom. The number of hydrogen-bond donors (Lipinski definition) is 0. The minimum absolute atomic E-state index is 0.128. The van der Waals surface area contributed by atoms with Crippen LogP contribution in [0, 0.1) is 13.8 Å². The highest BCUT2D eigenvalue weighted by atomic mass is 32.2. The summed E-state index contributed by atoms with van der Waals surface area (Å²) in [7, 11) is -3.63. The predicted molar refractivity (Wildman–Crippen MR) is 79.5 cm³/mol. The van der Waals surface area contributed by atoms with Gasteiger partial charge < -0.3 is 13.5 Å². The van der Waals surface area contributed by atoms with E-state index in [0.29, 0.717) is 23.2 Å². The van der Waals surface area contributed by atoms with E-state index in [4.69, 9.17) is 13.5 Å². The second-order valence-electron chi connectivity index (χ2n) is 5.61. The molecule has 24 heavy (non-hydrogen) atoms. The Kier molecular flexibility index (Phi) is 3.32. The molecule has 1 saturated heterocycles. The van der Waals surface area contributed by atoms with Crippen molar-refractivity contribution in [2.45, 2.75) is 24.7 Å². The zero-order valence-corrected chi connectivity index (χ0v) is 13.8. The topological polar surface area (TPSA) is 115 Å². The quantitative estimate of drug-likeness (QED) is 0.698. The van der Waals surface area contributed by atoms with Crippen molar-refractivity contribution in [2.24, 2.45) is 0 Å². The molecule has 10 heteroatoms. The van der Waals surface area contributed by atoms with Crippen molar-refractivity contribution in [2.75, 3.05) is 13.1 Å². The molecule has 0 N–H and O–H groups in total. The van der Waals surface area contributed by atoms with Crippen LogP contribution in [0.15, 0.2) is 36.8 Å². The van der Waals surface area contributed by atoms with Crippen LogP contribution in [0.1, 0.15) is 23.3 Å². The molecule has 0 radical (unpaired) electrons. The fraction of sp³-hybridized carbons (Fsp3) is 0.357. The summed E-state index contributed by atoms with van der Waals surface area (Å²) >= 11 is 0. The van der Waals surface area contributed by atoms with Gasteiger partial charge in [-0.15, -0.1) is 0 Å². The number of rotatable bonds is 4. The molecular formula is C14H14N4O5S. The van der Waals surface area contributed by atoms with Gasteiger partial charge in [0.2, 0.25) is 21.7 Å². The maximum Gasteiger partial charge on any atom is 0.248 e. The van der Waals surface area contributed by atoms with Gasteiger partial charge in [-0.05, 0) is 26.0 Å². The standard InChI is InChI=1S/C14H14N4O5S/c1-8-12(9(2)22-16-8)24(19,20)18-6-10(7-18)14-15-13(17-23-14)11-4-3-5-21-11/h3-5,10H,6-7H2,1-2H3. The molecule has 1 aliphatic heterocycles. The lowest BCUT2D eigenvalue weighted by Gasteiger charge is -2.35. The van der Waals surface area contributed by atoms with Gasteiger partial charge in [-0.25, -0.2) is 8.42 Å². The molecule has 0 atom stereocenters. The Morgan fingerprint density at radius 1 is 1.21 bits per heavy atom. The van der Waals surface area contributed by atoms with E-state index in [2.05, 4.69) is 15.3 Å². The lowest BCUT2D eigenvalue weighted by Crippen LogP contribution is -2.48. The van der Waals surface area contributed by atoms with Crippen molar-refractivity contribution >= 4 is 10.0 Å². The summed E-state index contributed by atoms with van der Waals surface area (Å²) < 4.78 is 42.0. The first-order valence-electron chi connectivity index (χ1n) is 7.27. The molecular weight excluding hydrogens is 336 g/mol. The van der Waals surface area contributed by atoms with E-state index in [-0.39, 0.29) is 29.7 Å². The number of hydrogen-bond acceptors (Lipinski definition) is 8. The SMILES string of the molecule is Cc1noc(C)c1S(=O)(=O)N1CC(c2nc(-c3ccco3)no2)C1. The molecule has 4 rings (SSSR count). The number of furan rings is 1. The Morgan fingerprint density at radius 2 is 2.00 bits per heavy atom. The van der Waals surface area contributed by atoms with Gasteiger partial charge in [-0.3, -0.25) is 0 Å². The Hall–Kier alpha value is -2.46. The molecule has 3 aromatic heterocycles. The van der Waals surface area contributed by atoms with Gasteiger partial charge in [0, 0.05) is 13.1 Å². The molecule has 0 aromatic carbocycles. The number of nitrogens with zero attached hydrogens (tertiary/aromatic N) is 4. The van der Waals surface area contributed by atoms with E-state index < -0.39 is 10.0 Å². The van der Waals surface area contributed by atoms with E-state index in [1.54, 1.807) is 26.0 Å². The predicted octanol–water partition coefficient (Wildman–Crippen LogP) is 1.72. The highest BCUT2D eigenvalue weighted by Crippen LogP contribution is 2.34. The number of aryl methyl sites for hydroxylation is 2. The molecule has 9 nitrogen and oxygen atoms in total. The summed E-state index contributed by atoms with van der Waals surface area (Å²) in [5.74, 6) is 1.39. The third kappa shape index (κ3) is 2.26. The summed E-state index contributed by atoms with van der Waals surface area (Å²) in [5.41, 5.74) is 0.355. The highest BCUT2D eigenvalue weighted by Gasteiger charge is 2.42. The van der Waals surface area contributed by atoms with Crippen molar-refractivity contribution in [3.05, 3.63) is 35.7 Å². The van der Waals surface area contributed by atoms with Crippen molar-refractivity contribution in [3.8, 4) is 11.6 Å². The number of sulfonamides is 1. The van der Waals surface area contributed by atoms with Crippen LogP contribution >= 0.6 is 0 Å². The summed E-state index contributed by atoms with van der Waals surface area (Å²) in [6.45, 7) is 3.73. The third-order valence-corrected chi connectivity index (χ3v) is 6.02. The molecule has 3 aromatic rings. The van der Waals surface area contributed by atoms with Gasteiger partial charge in [0.05, 0.1) is 12.2 Å². The van der Waals surface area contributed by atoms with Gasteiger partial charge in [-0.1, -0.05) is 10.3 Å². The van der Waals surface area contributed by atoms with Gasteiger partial charge in [0.1, 0.15) is 10.6 Å². The van der Waals surface area contributed by atoms with E-state index in [0.717, 1.165) is 0 Å². The van der Waals surface area contributed by atoms with Crippen molar-refractivity contribution in [1.82, 2.24) is 19.6 Å². The largest absolute Gasteiger partial charge is 0.461 e. The molecule has 0 bridgehead atoms. The van der Waals surface area contributed by atoms with Crippen molar-refractivity contribution < 1.29 is 21.9 Å². The van der Waals surface area contributed by atoms with E-state index >= 15 is 0 Å². The fourth-order valence-electron chi connectivity index (χ4n) is 2.67. The van der Waals surface area contributed by atoms with E-state index in [1.807, 2.05) is 0 Å². The first-order valence-corrected chi connectivity index (χ1v) is 8.71. The Bertz CT molecular complexity index is 947. The molecule has 0 saturated carbocycles. The molecule has 1 fully saturated rings. The molecule has 0 amide bonds. The number of aromatic nitrogens is 3. The van der Waals surface area contributed by atoms with Crippen molar-refractivity contribution in [3.63, 3.8) is 0 Å². The minimum Gasteiger partial charge on any atom is -0.461 e. The second kappa shape index (κ2) is 5.28. The molecule has 0 spiro atoms. The normalized spacial score (nSPS) is 16.4. The Labute approximate surface area is 137 Å². The first-order chi connectivity index (χ1) is 11.5. The second-order valence-corrected chi connectivity index (χ2v) is 7.48. The van der Waals surface area contributed by atoms with Crippen molar-refractivity contribution in [1.29, 1.82) is 0 Å². The average molecular weight is 350 g/mol. The van der Waals surface area contributed by atoms with Crippen LogP contribution in [0.3, 0.4) is 0 Å². The molecule has 0 unspecified atom stereocenters. The summed E-state index contributed by atoms with van der Waals surface area (Å²) in [4.78, 5) is 4.39. The average Bonchev–Trinajstić information content (AvgIpc) is 3.17. The Balaban J connectivity index is 1.51. The zero-order chi connectivity index (χ0) is 16.9. The van der Waals surface area contributed by atoms with E-state index in [1.165, 1.54) is 10.6 Å². The highest BCUT2D eigenvalue weighted by molar-refractivity contribution is 7.89. The maximum atomic E-state index is 12.6. The summed E-state index contributed by atoms with van der Waals surface area (Å²) in [6, 6.07) is 3.45. The fourth-order valence-corrected chi connectivity index (χ4v) is 4.49. The van der Waals surface area contributed by atoms with Crippen LogP contribution in [-0.2, 0) is 10.0 Å². The van der Waals surface area contributed by atoms with Crippen LogP contribution < -0.4 is 0 Å². The monoisotopic (exact) mass is 350 g/mol. The molecule has 0 aliphatic carbocycles. The summed E-state index contributed by atoms with van der Waals surface area (Å²) in [6.07, 6.45) is 1.52. The van der Waals surface area contributed by atoms with Crippen LogP contribution in [-0.4, -0.2) is 41.1 Å². The van der Waals surface area contributed by atoms with Crippen LogP contribution in [0.25, 0.3) is 11.6 Å². The molecule has 4 heterocycles. The van der Waals surface area contributed by atoms with Gasteiger partial charge in [0.15, 0.2) is 11.5 Å². The maximum absolute atomic E-state index is 12.6. The third-order valence-electron chi connectivity index (χ3n) is 3.95. The van der Waals surface area contributed by atoms with Gasteiger partial charge in [-0.2, -0.15) is 9.29 Å². The molecule has 1 aliphatic rings. The van der Waals surface area contributed by atoms with E-state index in [9.17, 15) is 8.42 Å². The minimum atomic E-state index is -3.63.